The van der Waals surface area contributed by atoms with Gasteiger partial charge in [0, 0.05) is 23.2 Å². The minimum Gasteiger partial charge on any atom is -0.467 e. The van der Waals surface area contributed by atoms with Gasteiger partial charge in [0.05, 0.1) is 36.2 Å². The SMILES string of the molecule is CCOC(=O)CCN(Cc1ccco1)C(=O)c1cc(Sc2cnc(Nc3ccccn3)s2)ccc1C. The Balaban J connectivity index is 1.49. The fourth-order valence-corrected chi connectivity index (χ4v) is 5.29. The molecule has 0 spiro atoms. The minimum atomic E-state index is -0.337. The van der Waals surface area contributed by atoms with Crippen molar-refractivity contribution in [3.8, 4) is 0 Å². The number of anilines is 2. The quantitative estimate of drug-likeness (QED) is 0.242. The molecule has 0 bridgehead atoms. The maximum absolute atomic E-state index is 13.6. The Labute approximate surface area is 217 Å². The summed E-state index contributed by atoms with van der Waals surface area (Å²) in [5, 5.41) is 3.93. The number of esters is 1. The predicted octanol–water partition coefficient (Wildman–Crippen LogP) is 5.93. The Morgan fingerprint density at radius 1 is 1.17 bits per heavy atom. The molecule has 8 nitrogen and oxygen atoms in total. The van der Waals surface area contributed by atoms with Crippen LogP contribution in [0.3, 0.4) is 0 Å². The number of furan rings is 1. The number of hydrogen-bond donors (Lipinski definition) is 1. The van der Waals surface area contributed by atoms with E-state index in [9.17, 15) is 9.59 Å². The molecule has 1 N–H and O–H groups in total. The Hall–Kier alpha value is -3.63. The van der Waals surface area contributed by atoms with Gasteiger partial charge in [0.1, 0.15) is 11.6 Å². The van der Waals surface area contributed by atoms with Crippen LogP contribution in [0.1, 0.15) is 35.0 Å². The van der Waals surface area contributed by atoms with Gasteiger partial charge in [-0.1, -0.05) is 35.2 Å². The second-order valence-corrected chi connectivity index (χ2v) is 10.2. The number of rotatable bonds is 11. The number of carbonyl (C=O) groups is 2. The van der Waals surface area contributed by atoms with Gasteiger partial charge in [-0.05, 0) is 55.8 Å². The maximum Gasteiger partial charge on any atom is 0.307 e. The van der Waals surface area contributed by atoms with E-state index in [0.717, 1.165) is 25.6 Å². The Kier molecular flexibility index (Phi) is 8.75. The van der Waals surface area contributed by atoms with Crippen LogP contribution in [0.25, 0.3) is 0 Å². The number of aromatic nitrogens is 2. The smallest absolute Gasteiger partial charge is 0.307 e. The summed E-state index contributed by atoms with van der Waals surface area (Å²) in [6.45, 7) is 4.46. The summed E-state index contributed by atoms with van der Waals surface area (Å²) in [4.78, 5) is 36.7. The van der Waals surface area contributed by atoms with Crippen molar-refractivity contribution < 1.29 is 18.7 Å². The van der Waals surface area contributed by atoms with Crippen LogP contribution in [0.15, 0.2) is 80.7 Å². The van der Waals surface area contributed by atoms with Gasteiger partial charge in [-0.3, -0.25) is 9.59 Å². The lowest BCUT2D eigenvalue weighted by molar-refractivity contribution is -0.143. The lowest BCUT2D eigenvalue weighted by atomic mass is 10.1. The second kappa shape index (κ2) is 12.4. The third-order valence-electron chi connectivity index (χ3n) is 5.15. The van der Waals surface area contributed by atoms with Crippen LogP contribution in [-0.4, -0.2) is 39.9 Å². The van der Waals surface area contributed by atoms with E-state index in [2.05, 4.69) is 15.3 Å². The Morgan fingerprint density at radius 2 is 2.06 bits per heavy atom. The number of nitrogens with zero attached hydrogens (tertiary/aromatic N) is 3. The van der Waals surface area contributed by atoms with Crippen LogP contribution < -0.4 is 5.32 Å². The zero-order valence-corrected chi connectivity index (χ0v) is 21.6. The van der Waals surface area contributed by atoms with Crippen LogP contribution in [0.4, 0.5) is 10.9 Å². The van der Waals surface area contributed by atoms with Crippen molar-refractivity contribution >= 4 is 45.9 Å². The number of thiazole rings is 1. The summed E-state index contributed by atoms with van der Waals surface area (Å²) in [5.41, 5.74) is 1.43. The normalized spacial score (nSPS) is 10.7. The second-order valence-electron chi connectivity index (χ2n) is 7.76. The van der Waals surface area contributed by atoms with Crippen LogP contribution in [-0.2, 0) is 16.1 Å². The van der Waals surface area contributed by atoms with E-state index < -0.39 is 0 Å². The molecule has 3 heterocycles. The monoisotopic (exact) mass is 522 g/mol. The van der Waals surface area contributed by atoms with E-state index in [4.69, 9.17) is 9.15 Å². The van der Waals surface area contributed by atoms with E-state index in [0.29, 0.717) is 17.9 Å². The molecule has 0 fully saturated rings. The van der Waals surface area contributed by atoms with Crippen molar-refractivity contribution in [2.75, 3.05) is 18.5 Å². The van der Waals surface area contributed by atoms with Crippen molar-refractivity contribution in [2.45, 2.75) is 35.9 Å². The molecular formula is C26H26N4O4S2. The van der Waals surface area contributed by atoms with Gasteiger partial charge < -0.3 is 19.4 Å². The molecule has 0 saturated heterocycles. The number of benzene rings is 1. The van der Waals surface area contributed by atoms with E-state index >= 15 is 0 Å². The molecule has 36 heavy (non-hydrogen) atoms. The first kappa shape index (κ1) is 25.5. The molecule has 1 aromatic carbocycles. The van der Waals surface area contributed by atoms with Gasteiger partial charge in [-0.25, -0.2) is 9.97 Å². The number of amides is 1. The van der Waals surface area contributed by atoms with Crippen LogP contribution in [0.5, 0.6) is 0 Å². The number of ether oxygens (including phenoxy) is 1. The lowest BCUT2D eigenvalue weighted by Gasteiger charge is -2.22. The fourth-order valence-electron chi connectivity index (χ4n) is 3.39. The zero-order valence-electron chi connectivity index (χ0n) is 20.0. The first-order valence-electron chi connectivity index (χ1n) is 11.4. The Morgan fingerprint density at radius 3 is 2.81 bits per heavy atom. The van der Waals surface area contributed by atoms with Crippen molar-refractivity contribution in [3.63, 3.8) is 0 Å². The molecule has 0 aliphatic heterocycles. The van der Waals surface area contributed by atoms with E-state index in [1.54, 1.807) is 36.5 Å². The molecule has 0 unspecified atom stereocenters. The molecule has 186 valence electrons. The molecule has 3 aromatic heterocycles. The standard InChI is InChI=1S/C26H26N4O4S2/c1-3-33-23(31)11-13-30(17-19-7-6-14-34-19)25(32)21-15-20(10-9-18(21)2)35-24-16-28-26(36-24)29-22-8-4-5-12-27-22/h4-10,12,14-16H,3,11,13,17H2,1-2H3,(H,27,28,29). The highest BCUT2D eigenvalue weighted by Gasteiger charge is 2.21. The van der Waals surface area contributed by atoms with Crippen LogP contribution in [0, 0.1) is 6.92 Å². The Bertz CT molecular complexity index is 1290. The predicted molar refractivity (Wildman–Crippen MR) is 140 cm³/mol. The van der Waals surface area contributed by atoms with Gasteiger partial charge in [0.2, 0.25) is 0 Å². The molecular weight excluding hydrogens is 496 g/mol. The summed E-state index contributed by atoms with van der Waals surface area (Å²) >= 11 is 3.04. The van der Waals surface area contributed by atoms with Crippen molar-refractivity contribution in [3.05, 3.63) is 84.1 Å². The molecule has 0 saturated carbocycles. The van der Waals surface area contributed by atoms with Crippen LogP contribution >= 0.6 is 23.1 Å². The molecule has 10 heteroatoms. The molecule has 4 aromatic rings. The highest BCUT2D eigenvalue weighted by molar-refractivity contribution is 8.01. The molecule has 4 rings (SSSR count). The van der Waals surface area contributed by atoms with E-state index in [1.807, 2.05) is 49.4 Å². The summed E-state index contributed by atoms with van der Waals surface area (Å²) in [5.74, 6) is 0.868. The molecule has 0 aliphatic carbocycles. The molecule has 0 aliphatic rings. The first-order chi connectivity index (χ1) is 17.5. The van der Waals surface area contributed by atoms with Gasteiger partial charge in [-0.2, -0.15) is 0 Å². The third-order valence-corrected chi connectivity index (χ3v) is 7.15. The number of carbonyl (C=O) groups excluding carboxylic acids is 2. The summed E-state index contributed by atoms with van der Waals surface area (Å²) < 4.78 is 11.5. The summed E-state index contributed by atoms with van der Waals surface area (Å²) in [7, 11) is 0. The van der Waals surface area contributed by atoms with Crippen molar-refractivity contribution in [1.82, 2.24) is 14.9 Å². The molecule has 1 amide bonds. The van der Waals surface area contributed by atoms with Gasteiger partial charge >= 0.3 is 5.97 Å². The number of pyridine rings is 1. The molecule has 0 atom stereocenters. The largest absolute Gasteiger partial charge is 0.467 e. The number of aryl methyl sites for hydroxylation is 1. The summed E-state index contributed by atoms with van der Waals surface area (Å²) in [6.07, 6.45) is 5.20. The van der Waals surface area contributed by atoms with Gasteiger partial charge in [0.15, 0.2) is 5.13 Å². The number of hydrogen-bond acceptors (Lipinski definition) is 9. The zero-order chi connectivity index (χ0) is 25.3. The topological polar surface area (TPSA) is 97.6 Å². The highest BCUT2D eigenvalue weighted by Crippen LogP contribution is 2.35. The highest BCUT2D eigenvalue weighted by atomic mass is 32.2. The molecule has 0 radical (unpaired) electrons. The van der Waals surface area contributed by atoms with E-state index in [1.165, 1.54) is 23.1 Å². The van der Waals surface area contributed by atoms with E-state index in [-0.39, 0.29) is 31.4 Å². The minimum absolute atomic E-state index is 0.112. The fraction of sp³-hybridized carbons (Fsp3) is 0.231. The first-order valence-corrected chi connectivity index (χ1v) is 13.0. The lowest BCUT2D eigenvalue weighted by Crippen LogP contribution is -2.33. The average Bonchev–Trinajstić information content (AvgIpc) is 3.55. The van der Waals surface area contributed by atoms with Gasteiger partial charge in [-0.15, -0.1) is 0 Å². The van der Waals surface area contributed by atoms with Gasteiger partial charge in [0.25, 0.3) is 5.91 Å². The van der Waals surface area contributed by atoms with Crippen molar-refractivity contribution in [1.29, 1.82) is 0 Å². The number of nitrogens with one attached hydrogen (secondary N) is 1. The third kappa shape index (κ3) is 6.96. The summed E-state index contributed by atoms with van der Waals surface area (Å²) in [6, 6.07) is 15.0. The maximum atomic E-state index is 13.6. The van der Waals surface area contributed by atoms with Crippen LogP contribution in [0.2, 0.25) is 0 Å². The van der Waals surface area contributed by atoms with Crippen molar-refractivity contribution in [2.24, 2.45) is 0 Å². The average molecular weight is 523 g/mol.